The fraction of sp³-hybridized carbons (Fsp3) is 0.214. The summed E-state index contributed by atoms with van der Waals surface area (Å²) in [6.07, 6.45) is 0. The van der Waals surface area contributed by atoms with Gasteiger partial charge in [-0.3, -0.25) is 14.5 Å². The first-order chi connectivity index (χ1) is 15.6. The van der Waals surface area contributed by atoms with Crippen LogP contribution in [0.4, 0.5) is 5.69 Å². The molecule has 168 valence electrons. The topological polar surface area (TPSA) is 57.6 Å². The van der Waals surface area contributed by atoms with Gasteiger partial charge in [-0.25, -0.2) is 0 Å². The summed E-state index contributed by atoms with van der Waals surface area (Å²) < 4.78 is 0.901. The number of aliphatic hydroxyl groups is 1. The monoisotopic (exact) mass is 503 g/mol. The highest BCUT2D eigenvalue weighted by Crippen LogP contribution is 2.42. The summed E-state index contributed by atoms with van der Waals surface area (Å²) in [6.45, 7) is 8.28. The predicted octanol–water partition coefficient (Wildman–Crippen LogP) is 6.68. The van der Waals surface area contributed by atoms with E-state index in [-0.39, 0.29) is 16.7 Å². The summed E-state index contributed by atoms with van der Waals surface area (Å²) in [5.74, 6) is -1.52. The van der Waals surface area contributed by atoms with Gasteiger partial charge in [0.05, 0.1) is 11.6 Å². The molecule has 1 fully saturated rings. The summed E-state index contributed by atoms with van der Waals surface area (Å²) >= 11 is 3.46. The average molecular weight is 504 g/mol. The molecule has 1 unspecified atom stereocenters. The van der Waals surface area contributed by atoms with E-state index in [4.69, 9.17) is 0 Å². The first kappa shape index (κ1) is 23.0. The molecular weight excluding hydrogens is 478 g/mol. The number of rotatable bonds is 3. The fourth-order valence-electron chi connectivity index (χ4n) is 4.12. The van der Waals surface area contributed by atoms with Crippen molar-refractivity contribution in [3.05, 3.63) is 105 Å². The van der Waals surface area contributed by atoms with Crippen LogP contribution in [0.1, 0.15) is 49.1 Å². The maximum atomic E-state index is 13.3. The van der Waals surface area contributed by atoms with Crippen LogP contribution in [-0.2, 0) is 15.0 Å². The number of ketones is 1. The molecule has 1 aliphatic rings. The predicted molar refractivity (Wildman–Crippen MR) is 135 cm³/mol. The molecule has 1 heterocycles. The van der Waals surface area contributed by atoms with Crippen LogP contribution in [0.25, 0.3) is 5.76 Å². The Morgan fingerprint density at radius 1 is 0.939 bits per heavy atom. The number of carbonyl (C=O) groups excluding carboxylic acids is 2. The lowest BCUT2D eigenvalue weighted by Crippen LogP contribution is -2.29. The molecule has 3 aromatic rings. The van der Waals surface area contributed by atoms with Crippen LogP contribution in [0, 0.1) is 6.92 Å². The number of hydrogen-bond donors (Lipinski definition) is 1. The lowest BCUT2D eigenvalue weighted by Gasteiger charge is -2.26. The van der Waals surface area contributed by atoms with Crippen molar-refractivity contribution in [1.82, 2.24) is 0 Å². The van der Waals surface area contributed by atoms with Gasteiger partial charge < -0.3 is 5.11 Å². The first-order valence-corrected chi connectivity index (χ1v) is 11.6. The van der Waals surface area contributed by atoms with Crippen molar-refractivity contribution >= 4 is 39.1 Å². The Morgan fingerprint density at radius 3 is 2.15 bits per heavy atom. The lowest BCUT2D eigenvalue weighted by atomic mass is 9.87. The van der Waals surface area contributed by atoms with E-state index in [1.807, 2.05) is 67.6 Å². The number of amides is 1. The van der Waals surface area contributed by atoms with Crippen LogP contribution < -0.4 is 4.90 Å². The van der Waals surface area contributed by atoms with Crippen molar-refractivity contribution < 1.29 is 14.7 Å². The van der Waals surface area contributed by atoms with Crippen LogP contribution in [0.5, 0.6) is 0 Å². The van der Waals surface area contributed by atoms with Gasteiger partial charge in [-0.2, -0.15) is 0 Å². The van der Waals surface area contributed by atoms with Crippen molar-refractivity contribution in [2.75, 3.05) is 4.90 Å². The van der Waals surface area contributed by atoms with Gasteiger partial charge in [0.15, 0.2) is 0 Å². The van der Waals surface area contributed by atoms with E-state index in [9.17, 15) is 14.7 Å². The Morgan fingerprint density at radius 2 is 1.58 bits per heavy atom. The largest absolute Gasteiger partial charge is 0.507 e. The lowest BCUT2D eigenvalue weighted by molar-refractivity contribution is -0.132. The average Bonchev–Trinajstić information content (AvgIpc) is 3.06. The molecule has 4 nitrogen and oxygen atoms in total. The molecule has 0 bridgehead atoms. The van der Waals surface area contributed by atoms with Gasteiger partial charge in [0.25, 0.3) is 11.7 Å². The van der Waals surface area contributed by atoms with E-state index >= 15 is 0 Å². The van der Waals surface area contributed by atoms with E-state index in [1.54, 1.807) is 12.1 Å². The second-order valence-electron chi connectivity index (χ2n) is 9.34. The first-order valence-electron chi connectivity index (χ1n) is 10.8. The van der Waals surface area contributed by atoms with Crippen molar-refractivity contribution in [2.24, 2.45) is 0 Å². The van der Waals surface area contributed by atoms with Gasteiger partial charge in [0.2, 0.25) is 0 Å². The van der Waals surface area contributed by atoms with Crippen LogP contribution in [0.2, 0.25) is 0 Å². The number of aliphatic hydroxyl groups excluding tert-OH is 1. The summed E-state index contributed by atoms with van der Waals surface area (Å²) in [5.41, 5.74) is 3.97. The van der Waals surface area contributed by atoms with Crippen molar-refractivity contribution in [3.8, 4) is 0 Å². The Hall–Kier alpha value is -3.18. The highest BCUT2D eigenvalue weighted by molar-refractivity contribution is 9.10. The second kappa shape index (κ2) is 8.64. The van der Waals surface area contributed by atoms with E-state index in [0.29, 0.717) is 11.3 Å². The van der Waals surface area contributed by atoms with E-state index in [1.165, 1.54) is 4.90 Å². The minimum atomic E-state index is -0.726. The minimum Gasteiger partial charge on any atom is -0.507 e. The molecule has 33 heavy (non-hydrogen) atoms. The zero-order valence-electron chi connectivity index (χ0n) is 19.1. The number of anilines is 1. The molecule has 0 spiro atoms. The Balaban J connectivity index is 1.90. The number of carbonyl (C=O) groups is 2. The Labute approximate surface area is 202 Å². The molecule has 1 saturated heterocycles. The van der Waals surface area contributed by atoms with Crippen LogP contribution in [0.15, 0.2) is 82.8 Å². The van der Waals surface area contributed by atoms with Gasteiger partial charge >= 0.3 is 0 Å². The van der Waals surface area contributed by atoms with E-state index in [2.05, 4.69) is 36.7 Å². The van der Waals surface area contributed by atoms with Gasteiger partial charge in [0, 0.05) is 15.7 Å². The third-order valence-corrected chi connectivity index (χ3v) is 6.89. The summed E-state index contributed by atoms with van der Waals surface area (Å²) in [7, 11) is 0. The molecule has 0 aliphatic carbocycles. The minimum absolute atomic E-state index is 0.0367. The molecule has 1 amide bonds. The van der Waals surface area contributed by atoms with Gasteiger partial charge in [0.1, 0.15) is 5.76 Å². The van der Waals surface area contributed by atoms with Gasteiger partial charge in [-0.05, 0) is 53.3 Å². The van der Waals surface area contributed by atoms with Gasteiger partial charge in [-0.15, -0.1) is 0 Å². The molecule has 0 radical (unpaired) electrons. The SMILES string of the molecule is Cc1cc(/C(O)=C2/C(=O)C(=O)N(c3ccc(C(C)(C)C)cc3)C2c2ccccc2)ccc1Br. The van der Waals surface area contributed by atoms with Crippen molar-refractivity contribution in [2.45, 2.75) is 39.2 Å². The number of benzene rings is 3. The maximum absolute atomic E-state index is 13.3. The number of halogens is 1. The van der Waals surface area contributed by atoms with Crippen LogP contribution >= 0.6 is 15.9 Å². The molecule has 4 rings (SSSR count). The number of Topliss-reactive ketones (excluding diaryl/α,β-unsaturated/α-hetero) is 1. The Bertz CT molecular complexity index is 1250. The molecule has 5 heteroatoms. The molecular formula is C28H26BrNO3. The highest BCUT2D eigenvalue weighted by Gasteiger charge is 2.47. The molecule has 0 aromatic heterocycles. The summed E-state index contributed by atoms with van der Waals surface area (Å²) in [4.78, 5) is 28.0. The molecule has 1 aliphatic heterocycles. The van der Waals surface area contributed by atoms with Crippen molar-refractivity contribution in [1.29, 1.82) is 0 Å². The second-order valence-corrected chi connectivity index (χ2v) is 10.2. The number of hydrogen-bond acceptors (Lipinski definition) is 3. The highest BCUT2D eigenvalue weighted by atomic mass is 79.9. The molecule has 1 atom stereocenters. The normalized spacial score (nSPS) is 18.1. The molecule has 0 saturated carbocycles. The third-order valence-electron chi connectivity index (χ3n) is 6.00. The smallest absolute Gasteiger partial charge is 0.300 e. The van der Waals surface area contributed by atoms with Crippen LogP contribution in [0.3, 0.4) is 0 Å². The third kappa shape index (κ3) is 4.25. The number of aryl methyl sites for hydroxylation is 1. The quantitative estimate of drug-likeness (QED) is 0.246. The van der Waals surface area contributed by atoms with Crippen molar-refractivity contribution in [3.63, 3.8) is 0 Å². The standard InChI is InChI=1S/C28H26BrNO3/c1-17-16-19(10-15-22(17)29)25(31)23-24(18-8-6-5-7-9-18)30(27(33)26(23)32)21-13-11-20(12-14-21)28(2,3)4/h5-16,24,31H,1-4H3/b25-23-. The zero-order valence-corrected chi connectivity index (χ0v) is 20.7. The summed E-state index contributed by atoms with van der Waals surface area (Å²) in [5, 5.41) is 11.2. The van der Waals surface area contributed by atoms with Crippen LogP contribution in [-0.4, -0.2) is 16.8 Å². The van der Waals surface area contributed by atoms with E-state index in [0.717, 1.165) is 21.2 Å². The van der Waals surface area contributed by atoms with Gasteiger partial charge in [-0.1, -0.05) is 85.2 Å². The zero-order chi connectivity index (χ0) is 23.9. The molecule has 3 aromatic carbocycles. The summed E-state index contributed by atoms with van der Waals surface area (Å²) in [6, 6.07) is 21.7. The maximum Gasteiger partial charge on any atom is 0.300 e. The molecule has 1 N–H and O–H groups in total. The van der Waals surface area contributed by atoms with E-state index < -0.39 is 17.7 Å². The Kier molecular flexibility index (Phi) is 6.02. The fourth-order valence-corrected chi connectivity index (χ4v) is 4.37. The number of nitrogens with zero attached hydrogens (tertiary/aromatic N) is 1.